The van der Waals surface area contributed by atoms with E-state index in [1.54, 1.807) is 0 Å². The second kappa shape index (κ2) is 6.18. The summed E-state index contributed by atoms with van der Waals surface area (Å²) in [6.07, 6.45) is 2.15. The van der Waals surface area contributed by atoms with Crippen molar-refractivity contribution in [1.29, 1.82) is 0 Å². The standard InChI is InChI=1S/C17H22FN3O/c1-12(2)21-15(7-8-19-21)10-20-11-16(22)9-17(20)13-3-5-14(18)6-4-13/h3-8,12,16-17,22H,9-11H2,1-2H3/t16-,17-/m0/s1. The van der Waals surface area contributed by atoms with E-state index in [0.29, 0.717) is 19.0 Å². The van der Waals surface area contributed by atoms with Crippen molar-refractivity contribution in [3.05, 3.63) is 53.6 Å². The second-order valence-corrected chi connectivity index (χ2v) is 6.25. The Morgan fingerprint density at radius 2 is 2.00 bits per heavy atom. The summed E-state index contributed by atoms with van der Waals surface area (Å²) in [7, 11) is 0. The van der Waals surface area contributed by atoms with Gasteiger partial charge in [0.1, 0.15) is 5.82 Å². The molecule has 1 N–H and O–H groups in total. The number of benzene rings is 1. The van der Waals surface area contributed by atoms with Crippen LogP contribution in [0.2, 0.25) is 0 Å². The van der Waals surface area contributed by atoms with E-state index in [2.05, 4.69) is 23.8 Å². The lowest BCUT2D eigenvalue weighted by atomic mass is 10.0. The van der Waals surface area contributed by atoms with Crippen LogP contribution < -0.4 is 0 Å². The first-order chi connectivity index (χ1) is 10.5. The first-order valence-electron chi connectivity index (χ1n) is 7.74. The molecule has 118 valence electrons. The molecule has 1 aromatic carbocycles. The summed E-state index contributed by atoms with van der Waals surface area (Å²) >= 11 is 0. The van der Waals surface area contributed by atoms with Crippen molar-refractivity contribution in [2.45, 2.75) is 45.0 Å². The van der Waals surface area contributed by atoms with E-state index in [1.165, 1.54) is 12.1 Å². The lowest BCUT2D eigenvalue weighted by molar-refractivity contribution is 0.171. The van der Waals surface area contributed by atoms with E-state index in [4.69, 9.17) is 0 Å². The Bertz CT molecular complexity index is 623. The van der Waals surface area contributed by atoms with Gasteiger partial charge < -0.3 is 5.11 Å². The highest BCUT2D eigenvalue weighted by molar-refractivity contribution is 5.22. The topological polar surface area (TPSA) is 41.3 Å². The van der Waals surface area contributed by atoms with E-state index in [-0.39, 0.29) is 18.0 Å². The fraction of sp³-hybridized carbons (Fsp3) is 0.471. The third-order valence-electron chi connectivity index (χ3n) is 4.24. The van der Waals surface area contributed by atoms with Crippen LogP contribution in [0.25, 0.3) is 0 Å². The molecule has 1 aliphatic rings. The van der Waals surface area contributed by atoms with Crippen LogP contribution in [0, 0.1) is 5.82 Å². The van der Waals surface area contributed by atoms with Crippen molar-refractivity contribution >= 4 is 0 Å². The molecule has 0 amide bonds. The molecular weight excluding hydrogens is 281 g/mol. The van der Waals surface area contributed by atoms with Crippen LogP contribution in [0.15, 0.2) is 36.5 Å². The fourth-order valence-electron chi connectivity index (χ4n) is 3.23. The first-order valence-corrected chi connectivity index (χ1v) is 7.74. The highest BCUT2D eigenvalue weighted by Crippen LogP contribution is 2.33. The van der Waals surface area contributed by atoms with Gasteiger partial charge in [0.05, 0.1) is 11.8 Å². The number of aliphatic hydroxyl groups is 1. The number of aliphatic hydroxyl groups excluding tert-OH is 1. The van der Waals surface area contributed by atoms with Crippen molar-refractivity contribution in [3.63, 3.8) is 0 Å². The minimum absolute atomic E-state index is 0.117. The quantitative estimate of drug-likeness (QED) is 0.944. The Labute approximate surface area is 130 Å². The van der Waals surface area contributed by atoms with Crippen LogP contribution in [0.5, 0.6) is 0 Å². The van der Waals surface area contributed by atoms with Gasteiger partial charge in [-0.25, -0.2) is 4.39 Å². The van der Waals surface area contributed by atoms with Crippen LogP contribution in [0.4, 0.5) is 4.39 Å². The van der Waals surface area contributed by atoms with Crippen molar-refractivity contribution in [1.82, 2.24) is 14.7 Å². The summed E-state index contributed by atoms with van der Waals surface area (Å²) < 4.78 is 15.1. The highest BCUT2D eigenvalue weighted by Gasteiger charge is 2.32. The molecule has 1 aliphatic heterocycles. The van der Waals surface area contributed by atoms with Gasteiger partial charge in [-0.15, -0.1) is 0 Å². The number of halogens is 1. The number of β-amino-alcohol motifs (C(OH)–C–C–N with tert-alkyl or cyclic N) is 1. The maximum atomic E-state index is 13.1. The zero-order valence-electron chi connectivity index (χ0n) is 13.0. The van der Waals surface area contributed by atoms with Crippen LogP contribution in [0.3, 0.4) is 0 Å². The minimum Gasteiger partial charge on any atom is -0.392 e. The monoisotopic (exact) mass is 303 g/mol. The van der Waals surface area contributed by atoms with Crippen LogP contribution in [-0.4, -0.2) is 32.4 Å². The molecular formula is C17H22FN3O. The Morgan fingerprint density at radius 1 is 1.27 bits per heavy atom. The van der Waals surface area contributed by atoms with E-state index >= 15 is 0 Å². The predicted octanol–water partition coefficient (Wildman–Crippen LogP) is 2.91. The van der Waals surface area contributed by atoms with Crippen molar-refractivity contribution in [2.24, 2.45) is 0 Å². The van der Waals surface area contributed by atoms with Crippen molar-refractivity contribution in [3.8, 4) is 0 Å². The molecule has 0 radical (unpaired) electrons. The van der Waals surface area contributed by atoms with Crippen LogP contribution >= 0.6 is 0 Å². The summed E-state index contributed by atoms with van der Waals surface area (Å²) in [5, 5.41) is 14.4. The lowest BCUT2D eigenvalue weighted by Gasteiger charge is -2.25. The summed E-state index contributed by atoms with van der Waals surface area (Å²) in [5.74, 6) is -0.230. The smallest absolute Gasteiger partial charge is 0.123 e. The maximum absolute atomic E-state index is 13.1. The molecule has 0 spiro atoms. The van der Waals surface area contributed by atoms with Crippen molar-refractivity contribution < 1.29 is 9.50 Å². The Balaban J connectivity index is 1.81. The summed E-state index contributed by atoms with van der Waals surface area (Å²) in [5.41, 5.74) is 2.18. The Hall–Kier alpha value is -1.72. The zero-order valence-corrected chi connectivity index (χ0v) is 13.0. The normalized spacial score (nSPS) is 22.6. The van der Waals surface area contributed by atoms with Gasteiger partial charge >= 0.3 is 0 Å². The third-order valence-corrected chi connectivity index (χ3v) is 4.24. The molecule has 5 heteroatoms. The molecule has 2 aromatic rings. The van der Waals surface area contributed by atoms with Gasteiger partial charge in [0, 0.05) is 31.4 Å². The number of likely N-dealkylation sites (tertiary alicyclic amines) is 1. The molecule has 0 bridgehead atoms. The first kappa shape index (κ1) is 15.2. The number of rotatable bonds is 4. The van der Waals surface area contributed by atoms with Crippen LogP contribution in [-0.2, 0) is 6.54 Å². The van der Waals surface area contributed by atoms with Gasteiger partial charge in [0.25, 0.3) is 0 Å². The molecule has 1 aromatic heterocycles. The molecule has 0 saturated carbocycles. The molecule has 2 heterocycles. The number of aromatic nitrogens is 2. The van der Waals surface area contributed by atoms with E-state index in [9.17, 15) is 9.50 Å². The third kappa shape index (κ3) is 3.05. The lowest BCUT2D eigenvalue weighted by Crippen LogP contribution is -2.26. The molecule has 2 atom stereocenters. The zero-order chi connectivity index (χ0) is 15.7. The molecule has 1 fully saturated rings. The van der Waals surface area contributed by atoms with Gasteiger partial charge in [-0.3, -0.25) is 9.58 Å². The average molecular weight is 303 g/mol. The Morgan fingerprint density at radius 3 is 2.68 bits per heavy atom. The number of nitrogens with zero attached hydrogens (tertiary/aromatic N) is 3. The van der Waals surface area contributed by atoms with Gasteiger partial charge in [0.2, 0.25) is 0 Å². The predicted molar refractivity (Wildman–Crippen MR) is 82.8 cm³/mol. The molecule has 3 rings (SSSR count). The van der Waals surface area contributed by atoms with Crippen LogP contribution in [0.1, 0.15) is 43.6 Å². The summed E-state index contributed by atoms with van der Waals surface area (Å²) in [6.45, 7) is 5.57. The Kier molecular flexibility index (Phi) is 4.27. The van der Waals surface area contributed by atoms with Gasteiger partial charge in [0.15, 0.2) is 0 Å². The van der Waals surface area contributed by atoms with E-state index in [0.717, 1.165) is 17.8 Å². The molecule has 1 saturated heterocycles. The van der Waals surface area contributed by atoms with Gasteiger partial charge in [-0.2, -0.15) is 5.10 Å². The van der Waals surface area contributed by atoms with E-state index < -0.39 is 0 Å². The fourth-order valence-corrected chi connectivity index (χ4v) is 3.23. The van der Waals surface area contributed by atoms with E-state index in [1.807, 2.05) is 29.1 Å². The van der Waals surface area contributed by atoms with Gasteiger partial charge in [-0.1, -0.05) is 12.1 Å². The largest absolute Gasteiger partial charge is 0.392 e. The SMILES string of the molecule is CC(C)n1nccc1CN1C[C@@H](O)C[C@H]1c1ccc(F)cc1. The summed E-state index contributed by atoms with van der Waals surface area (Å²) in [4.78, 5) is 2.24. The molecule has 0 aliphatic carbocycles. The number of hydrogen-bond donors (Lipinski definition) is 1. The minimum atomic E-state index is -0.342. The molecule has 4 nitrogen and oxygen atoms in total. The van der Waals surface area contributed by atoms with Gasteiger partial charge in [-0.05, 0) is 44.0 Å². The second-order valence-electron chi connectivity index (χ2n) is 6.25. The molecule has 0 unspecified atom stereocenters. The number of hydrogen-bond acceptors (Lipinski definition) is 3. The molecule has 22 heavy (non-hydrogen) atoms. The van der Waals surface area contributed by atoms with Crippen molar-refractivity contribution in [2.75, 3.05) is 6.54 Å². The average Bonchev–Trinajstić information content (AvgIpc) is 3.07. The maximum Gasteiger partial charge on any atom is 0.123 e. The highest BCUT2D eigenvalue weighted by atomic mass is 19.1. The summed E-state index contributed by atoms with van der Waals surface area (Å²) in [6, 6.07) is 9.03.